The van der Waals surface area contributed by atoms with Gasteiger partial charge in [-0.05, 0) is 48.5 Å². The number of benzene rings is 3. The summed E-state index contributed by atoms with van der Waals surface area (Å²) in [6.07, 6.45) is 0. The van der Waals surface area contributed by atoms with Crippen LogP contribution in [0.4, 0.5) is 5.69 Å². The molecule has 5 nitrogen and oxygen atoms in total. The van der Waals surface area contributed by atoms with Crippen molar-refractivity contribution in [2.45, 2.75) is 6.61 Å². The number of para-hydroxylation sites is 2. The number of rotatable bonds is 7. The van der Waals surface area contributed by atoms with Crippen LogP contribution in [0.3, 0.4) is 0 Å². The SMILES string of the molecule is O=C(COCc1nc2ccccc2s1)Nc1ccc(Oc2ccccc2)cc1. The first-order valence-electron chi connectivity index (χ1n) is 8.81. The summed E-state index contributed by atoms with van der Waals surface area (Å²) < 4.78 is 12.3. The Morgan fingerprint density at radius 1 is 0.893 bits per heavy atom. The van der Waals surface area contributed by atoms with Gasteiger partial charge >= 0.3 is 0 Å². The molecule has 140 valence electrons. The zero-order valence-corrected chi connectivity index (χ0v) is 15.8. The van der Waals surface area contributed by atoms with Gasteiger partial charge in [0.05, 0.1) is 16.8 Å². The van der Waals surface area contributed by atoms with Crippen LogP contribution in [-0.2, 0) is 16.1 Å². The maximum atomic E-state index is 12.1. The number of hydrogen-bond donors (Lipinski definition) is 1. The number of nitrogens with one attached hydrogen (secondary N) is 1. The second-order valence-corrected chi connectivity index (χ2v) is 7.17. The highest BCUT2D eigenvalue weighted by atomic mass is 32.1. The van der Waals surface area contributed by atoms with Crippen molar-refractivity contribution in [1.29, 1.82) is 0 Å². The third-order valence-electron chi connectivity index (χ3n) is 3.91. The highest BCUT2D eigenvalue weighted by molar-refractivity contribution is 7.18. The average Bonchev–Trinajstić information content (AvgIpc) is 3.13. The lowest BCUT2D eigenvalue weighted by molar-refractivity contribution is -0.121. The van der Waals surface area contributed by atoms with Crippen molar-refractivity contribution in [3.8, 4) is 11.5 Å². The second-order valence-electron chi connectivity index (χ2n) is 6.06. The predicted octanol–water partition coefficient (Wildman–Crippen LogP) is 5.24. The summed E-state index contributed by atoms with van der Waals surface area (Å²) in [6.45, 7) is 0.287. The van der Waals surface area contributed by atoms with Crippen LogP contribution in [0, 0.1) is 0 Å². The number of amides is 1. The van der Waals surface area contributed by atoms with Crippen molar-refractivity contribution in [2.75, 3.05) is 11.9 Å². The molecular formula is C22H18N2O3S. The molecule has 4 rings (SSSR count). The van der Waals surface area contributed by atoms with Gasteiger partial charge in [-0.3, -0.25) is 4.79 Å². The van der Waals surface area contributed by atoms with E-state index in [0.29, 0.717) is 18.0 Å². The third-order valence-corrected chi connectivity index (χ3v) is 4.92. The van der Waals surface area contributed by atoms with Gasteiger partial charge in [-0.15, -0.1) is 11.3 Å². The Morgan fingerprint density at radius 3 is 2.39 bits per heavy atom. The normalized spacial score (nSPS) is 10.7. The summed E-state index contributed by atoms with van der Waals surface area (Å²) in [5.74, 6) is 1.26. The van der Waals surface area contributed by atoms with Crippen LogP contribution in [0.15, 0.2) is 78.9 Å². The zero-order valence-electron chi connectivity index (χ0n) is 15.0. The van der Waals surface area contributed by atoms with Gasteiger partial charge in [0.1, 0.15) is 23.1 Å². The topological polar surface area (TPSA) is 60.5 Å². The lowest BCUT2D eigenvalue weighted by atomic mass is 10.3. The highest BCUT2D eigenvalue weighted by Gasteiger charge is 2.06. The zero-order chi connectivity index (χ0) is 19.2. The number of fused-ring (bicyclic) bond motifs is 1. The van der Waals surface area contributed by atoms with Gasteiger partial charge in [-0.25, -0.2) is 4.98 Å². The van der Waals surface area contributed by atoms with Crippen molar-refractivity contribution in [1.82, 2.24) is 4.98 Å². The number of carbonyl (C=O) groups excluding carboxylic acids is 1. The molecule has 0 radical (unpaired) electrons. The van der Waals surface area contributed by atoms with E-state index in [1.165, 1.54) is 0 Å². The van der Waals surface area contributed by atoms with Crippen LogP contribution < -0.4 is 10.1 Å². The lowest BCUT2D eigenvalue weighted by Crippen LogP contribution is -2.18. The van der Waals surface area contributed by atoms with Crippen molar-refractivity contribution in [3.05, 3.63) is 83.9 Å². The first-order valence-corrected chi connectivity index (χ1v) is 9.63. The van der Waals surface area contributed by atoms with Crippen LogP contribution >= 0.6 is 11.3 Å². The summed E-state index contributed by atoms with van der Waals surface area (Å²) in [5, 5.41) is 3.67. The Bertz CT molecular complexity index is 1030. The maximum absolute atomic E-state index is 12.1. The highest BCUT2D eigenvalue weighted by Crippen LogP contribution is 2.23. The molecule has 4 aromatic rings. The number of thiazole rings is 1. The Labute approximate surface area is 166 Å². The van der Waals surface area contributed by atoms with Gasteiger partial charge in [0.15, 0.2) is 0 Å². The van der Waals surface area contributed by atoms with Crippen LogP contribution in [0.2, 0.25) is 0 Å². The standard InChI is InChI=1S/C22H18N2O3S/c25-21(14-26-15-22-24-19-8-4-5-9-20(19)28-22)23-16-10-12-18(13-11-16)27-17-6-2-1-3-7-17/h1-13H,14-15H2,(H,23,25). The largest absolute Gasteiger partial charge is 0.457 e. The van der Waals surface area contributed by atoms with E-state index < -0.39 is 0 Å². The predicted molar refractivity (Wildman–Crippen MR) is 111 cm³/mol. The van der Waals surface area contributed by atoms with Crippen LogP contribution in [0.25, 0.3) is 10.2 Å². The Balaban J connectivity index is 1.25. The lowest BCUT2D eigenvalue weighted by Gasteiger charge is -2.08. The van der Waals surface area contributed by atoms with Crippen molar-refractivity contribution >= 4 is 33.1 Å². The van der Waals surface area contributed by atoms with Crippen molar-refractivity contribution in [2.24, 2.45) is 0 Å². The van der Waals surface area contributed by atoms with Gasteiger partial charge < -0.3 is 14.8 Å². The smallest absolute Gasteiger partial charge is 0.250 e. The molecule has 1 N–H and O–H groups in total. The summed E-state index contributed by atoms with van der Waals surface area (Å²) in [6, 6.07) is 24.7. The van der Waals surface area contributed by atoms with Crippen LogP contribution in [0.1, 0.15) is 5.01 Å². The number of ether oxygens (including phenoxy) is 2. The van der Waals surface area contributed by atoms with E-state index in [-0.39, 0.29) is 12.5 Å². The fourth-order valence-corrected chi connectivity index (χ4v) is 3.55. The quantitative estimate of drug-likeness (QED) is 0.469. The van der Waals surface area contributed by atoms with Crippen molar-refractivity contribution in [3.63, 3.8) is 0 Å². The molecule has 0 unspecified atom stereocenters. The van der Waals surface area contributed by atoms with E-state index in [4.69, 9.17) is 9.47 Å². The molecular weight excluding hydrogens is 372 g/mol. The van der Waals surface area contributed by atoms with Crippen LogP contribution in [0.5, 0.6) is 11.5 Å². The monoisotopic (exact) mass is 390 g/mol. The molecule has 0 bridgehead atoms. The molecule has 0 fully saturated rings. The van der Waals surface area contributed by atoms with Gasteiger partial charge in [0.25, 0.3) is 0 Å². The molecule has 0 atom stereocenters. The van der Waals surface area contributed by atoms with Gasteiger partial charge in [0.2, 0.25) is 5.91 Å². The average molecular weight is 390 g/mol. The van der Waals surface area contributed by atoms with Gasteiger partial charge in [0, 0.05) is 5.69 Å². The first kappa shape index (κ1) is 18.2. The molecule has 1 aromatic heterocycles. The van der Waals surface area contributed by atoms with Crippen LogP contribution in [-0.4, -0.2) is 17.5 Å². The van der Waals surface area contributed by atoms with E-state index >= 15 is 0 Å². The molecule has 28 heavy (non-hydrogen) atoms. The van der Waals surface area contributed by atoms with Gasteiger partial charge in [-0.2, -0.15) is 0 Å². The minimum Gasteiger partial charge on any atom is -0.457 e. The number of aromatic nitrogens is 1. The van der Waals surface area contributed by atoms with E-state index in [9.17, 15) is 4.79 Å². The van der Waals surface area contributed by atoms with Crippen molar-refractivity contribution < 1.29 is 14.3 Å². The number of carbonyl (C=O) groups is 1. The molecule has 1 amide bonds. The van der Waals surface area contributed by atoms with Gasteiger partial charge in [-0.1, -0.05) is 30.3 Å². The Hall–Kier alpha value is -3.22. The maximum Gasteiger partial charge on any atom is 0.250 e. The summed E-state index contributed by atoms with van der Waals surface area (Å²) in [5.41, 5.74) is 1.64. The fourth-order valence-electron chi connectivity index (χ4n) is 2.64. The molecule has 0 saturated carbocycles. The fraction of sp³-hybridized carbons (Fsp3) is 0.0909. The third kappa shape index (κ3) is 4.73. The molecule has 6 heteroatoms. The van der Waals surface area contributed by atoms with E-state index in [0.717, 1.165) is 21.0 Å². The minimum atomic E-state index is -0.210. The molecule has 3 aromatic carbocycles. The molecule has 0 aliphatic heterocycles. The minimum absolute atomic E-state index is 0.0296. The second kappa shape index (κ2) is 8.65. The number of anilines is 1. The summed E-state index contributed by atoms with van der Waals surface area (Å²) in [7, 11) is 0. The van der Waals surface area contributed by atoms with E-state index in [1.807, 2.05) is 66.7 Å². The molecule has 0 spiro atoms. The number of nitrogens with zero attached hydrogens (tertiary/aromatic N) is 1. The summed E-state index contributed by atoms with van der Waals surface area (Å²) in [4.78, 5) is 16.6. The molecule has 0 aliphatic carbocycles. The molecule has 0 saturated heterocycles. The summed E-state index contributed by atoms with van der Waals surface area (Å²) >= 11 is 1.57. The number of hydrogen-bond acceptors (Lipinski definition) is 5. The van der Waals surface area contributed by atoms with E-state index in [1.54, 1.807) is 23.5 Å². The first-order chi connectivity index (χ1) is 13.8. The molecule has 0 aliphatic rings. The molecule has 1 heterocycles. The van der Waals surface area contributed by atoms with E-state index in [2.05, 4.69) is 10.3 Å². The Kier molecular flexibility index (Phi) is 5.61. The Morgan fingerprint density at radius 2 is 1.61 bits per heavy atom.